The average molecular weight is 412 g/mol. The smallest absolute Gasteiger partial charge is 0.253 e. The maximum Gasteiger partial charge on any atom is 0.253 e. The summed E-state index contributed by atoms with van der Waals surface area (Å²) in [7, 11) is -3.27. The van der Waals surface area contributed by atoms with E-state index < -0.39 is 16.1 Å². The molecule has 1 aromatic heterocycles. The second-order valence-electron chi connectivity index (χ2n) is 6.73. The van der Waals surface area contributed by atoms with Crippen molar-refractivity contribution in [3.8, 4) is 0 Å². The molecule has 3 aromatic rings. The first-order valence-electron chi connectivity index (χ1n) is 9.23. The molecule has 0 radical (unpaired) electrons. The molecule has 1 atom stereocenters. The molecule has 1 amide bonds. The summed E-state index contributed by atoms with van der Waals surface area (Å²) in [4.78, 5) is 13.0. The Morgan fingerprint density at radius 3 is 2.45 bits per heavy atom. The van der Waals surface area contributed by atoms with Crippen LogP contribution in [0.25, 0.3) is 0 Å². The minimum absolute atomic E-state index is 0.163. The van der Waals surface area contributed by atoms with Gasteiger partial charge in [-0.25, -0.2) is 13.1 Å². The van der Waals surface area contributed by atoms with Crippen LogP contribution in [0.4, 0.5) is 11.4 Å². The second kappa shape index (κ2) is 8.00. The van der Waals surface area contributed by atoms with Gasteiger partial charge in [0, 0.05) is 12.2 Å². The van der Waals surface area contributed by atoms with Crippen molar-refractivity contribution in [2.75, 3.05) is 21.9 Å². The first kappa shape index (κ1) is 19.1. The molecule has 0 bridgehead atoms. The summed E-state index contributed by atoms with van der Waals surface area (Å²) in [6.45, 7) is 0.476. The first-order chi connectivity index (χ1) is 14.0. The van der Waals surface area contributed by atoms with E-state index in [1.54, 1.807) is 24.3 Å². The van der Waals surface area contributed by atoms with Gasteiger partial charge >= 0.3 is 0 Å². The molecule has 10 heteroatoms. The quantitative estimate of drug-likeness (QED) is 0.685. The Labute approximate surface area is 168 Å². The number of benzene rings is 2. The second-order valence-corrected chi connectivity index (χ2v) is 8.75. The molecule has 0 unspecified atom stereocenters. The molecule has 1 saturated heterocycles. The van der Waals surface area contributed by atoms with Crippen LogP contribution in [0.5, 0.6) is 0 Å². The zero-order valence-electron chi connectivity index (χ0n) is 15.5. The molecule has 4 rings (SSSR count). The van der Waals surface area contributed by atoms with Gasteiger partial charge in [0.25, 0.3) is 5.91 Å². The van der Waals surface area contributed by atoms with Crippen molar-refractivity contribution < 1.29 is 13.2 Å². The molecule has 1 N–H and O–H groups in total. The summed E-state index contributed by atoms with van der Waals surface area (Å²) in [6, 6.07) is 15.3. The van der Waals surface area contributed by atoms with E-state index in [1.807, 2.05) is 30.3 Å². The van der Waals surface area contributed by atoms with E-state index in [-0.39, 0.29) is 11.7 Å². The lowest BCUT2D eigenvalue weighted by molar-refractivity contribution is -0.118. The minimum Gasteiger partial charge on any atom is -0.324 e. The van der Waals surface area contributed by atoms with Crippen LogP contribution < -0.4 is 9.62 Å². The number of tetrazole rings is 1. The average Bonchev–Trinajstić information content (AvgIpc) is 3.24. The highest BCUT2D eigenvalue weighted by atomic mass is 32.2. The lowest BCUT2D eigenvalue weighted by Gasteiger charge is -2.28. The van der Waals surface area contributed by atoms with Crippen molar-refractivity contribution in [1.82, 2.24) is 20.2 Å². The number of nitrogens with zero attached hydrogens (tertiary/aromatic N) is 5. The Morgan fingerprint density at radius 2 is 1.79 bits per heavy atom. The van der Waals surface area contributed by atoms with Crippen molar-refractivity contribution in [2.24, 2.45) is 0 Å². The van der Waals surface area contributed by atoms with Gasteiger partial charge in [-0.15, -0.1) is 5.10 Å². The molecule has 2 aromatic carbocycles. The van der Waals surface area contributed by atoms with Gasteiger partial charge in [0.1, 0.15) is 6.33 Å². The molecule has 1 aliphatic rings. The summed E-state index contributed by atoms with van der Waals surface area (Å²) in [5, 5.41) is 14.0. The van der Waals surface area contributed by atoms with Crippen molar-refractivity contribution in [1.29, 1.82) is 0 Å². The van der Waals surface area contributed by atoms with Crippen LogP contribution in [-0.4, -0.2) is 46.8 Å². The molecule has 29 heavy (non-hydrogen) atoms. The van der Waals surface area contributed by atoms with Gasteiger partial charge in [0.2, 0.25) is 10.0 Å². The number of amides is 1. The fraction of sp³-hybridized carbons (Fsp3) is 0.263. The van der Waals surface area contributed by atoms with E-state index in [0.717, 1.165) is 12.0 Å². The highest BCUT2D eigenvalue weighted by molar-refractivity contribution is 7.92. The molecule has 1 fully saturated rings. The van der Waals surface area contributed by atoms with Crippen LogP contribution in [0.1, 0.15) is 24.4 Å². The number of hydrogen-bond donors (Lipinski definition) is 1. The van der Waals surface area contributed by atoms with Gasteiger partial charge in [-0.05, 0) is 53.1 Å². The Kier molecular flexibility index (Phi) is 5.26. The highest BCUT2D eigenvalue weighted by Crippen LogP contribution is 2.26. The number of hydrogen-bond acceptors (Lipinski definition) is 6. The predicted molar refractivity (Wildman–Crippen MR) is 108 cm³/mol. The van der Waals surface area contributed by atoms with Crippen molar-refractivity contribution in [2.45, 2.75) is 18.9 Å². The number of nitrogens with one attached hydrogen (secondary N) is 1. The summed E-state index contributed by atoms with van der Waals surface area (Å²) in [6.07, 6.45) is 2.91. The topological polar surface area (TPSA) is 110 Å². The summed E-state index contributed by atoms with van der Waals surface area (Å²) in [5.74, 6) is -0.141. The van der Waals surface area contributed by atoms with Crippen molar-refractivity contribution >= 4 is 27.3 Å². The van der Waals surface area contributed by atoms with Gasteiger partial charge < -0.3 is 5.32 Å². The highest BCUT2D eigenvalue weighted by Gasteiger charge is 2.26. The van der Waals surface area contributed by atoms with Gasteiger partial charge in [0.05, 0.1) is 11.4 Å². The number of sulfonamides is 1. The molecular weight excluding hydrogens is 392 g/mol. The monoisotopic (exact) mass is 412 g/mol. The molecule has 9 nitrogen and oxygen atoms in total. The zero-order valence-corrected chi connectivity index (χ0v) is 16.4. The normalized spacial score (nSPS) is 16.9. The molecule has 150 valence electrons. The largest absolute Gasteiger partial charge is 0.324 e. The summed E-state index contributed by atoms with van der Waals surface area (Å²) >= 11 is 0. The molecular formula is C19H20N6O3S. The van der Waals surface area contributed by atoms with Crippen LogP contribution in [0, 0.1) is 0 Å². The third-order valence-corrected chi connectivity index (χ3v) is 6.63. The summed E-state index contributed by atoms with van der Waals surface area (Å²) < 4.78 is 27.3. The standard InChI is InChI=1S/C19H20N6O3S/c26-19(18(24-14-20-22-23-24)15-6-2-1-3-7-15)21-16-8-10-17(11-9-16)25-12-4-5-13-29(25,27)28/h1-3,6-11,14,18H,4-5,12-13H2,(H,21,26)/t18-/m0/s1. The van der Waals surface area contributed by atoms with Crippen molar-refractivity contribution in [3.05, 3.63) is 66.5 Å². The van der Waals surface area contributed by atoms with Crippen LogP contribution in [0.2, 0.25) is 0 Å². The van der Waals surface area contributed by atoms with E-state index in [9.17, 15) is 13.2 Å². The van der Waals surface area contributed by atoms with Gasteiger partial charge in [-0.2, -0.15) is 0 Å². The SMILES string of the molecule is O=C(Nc1ccc(N2CCCCS2(=O)=O)cc1)[C@H](c1ccccc1)n1cnnn1. The summed E-state index contributed by atoms with van der Waals surface area (Å²) in [5.41, 5.74) is 1.90. The predicted octanol–water partition coefficient (Wildman–Crippen LogP) is 1.83. The molecule has 0 aliphatic carbocycles. The minimum atomic E-state index is -3.27. The fourth-order valence-electron chi connectivity index (χ4n) is 3.35. The third-order valence-electron chi connectivity index (χ3n) is 4.77. The molecule has 0 spiro atoms. The van der Waals surface area contributed by atoms with E-state index in [0.29, 0.717) is 24.3 Å². The first-order valence-corrected chi connectivity index (χ1v) is 10.8. The Hall–Kier alpha value is -3.27. The van der Waals surface area contributed by atoms with E-state index in [4.69, 9.17) is 0 Å². The van der Waals surface area contributed by atoms with Crippen LogP contribution in [-0.2, 0) is 14.8 Å². The van der Waals surface area contributed by atoms with Crippen LogP contribution in [0.3, 0.4) is 0 Å². The van der Waals surface area contributed by atoms with Crippen LogP contribution >= 0.6 is 0 Å². The van der Waals surface area contributed by atoms with Crippen molar-refractivity contribution in [3.63, 3.8) is 0 Å². The van der Waals surface area contributed by atoms with E-state index >= 15 is 0 Å². The van der Waals surface area contributed by atoms with Gasteiger partial charge in [-0.3, -0.25) is 9.10 Å². The lowest BCUT2D eigenvalue weighted by atomic mass is 10.1. The number of carbonyl (C=O) groups is 1. The number of aromatic nitrogens is 4. The van der Waals surface area contributed by atoms with Crippen LogP contribution in [0.15, 0.2) is 60.9 Å². The molecule has 1 aliphatic heterocycles. The maximum atomic E-state index is 13.0. The number of rotatable bonds is 5. The van der Waals surface area contributed by atoms with Gasteiger partial charge in [-0.1, -0.05) is 30.3 Å². The Balaban J connectivity index is 1.54. The lowest BCUT2D eigenvalue weighted by Crippen LogP contribution is -2.37. The maximum absolute atomic E-state index is 13.0. The number of carbonyl (C=O) groups excluding carboxylic acids is 1. The van der Waals surface area contributed by atoms with Gasteiger partial charge in [0.15, 0.2) is 6.04 Å². The number of anilines is 2. The molecule has 2 heterocycles. The zero-order chi connectivity index (χ0) is 20.3. The molecule has 0 saturated carbocycles. The van der Waals surface area contributed by atoms with E-state index in [1.165, 1.54) is 15.3 Å². The Morgan fingerprint density at radius 1 is 1.03 bits per heavy atom. The Bertz CT molecular complexity index is 1070. The third kappa shape index (κ3) is 4.11. The fourth-order valence-corrected chi connectivity index (χ4v) is 4.99. The van der Waals surface area contributed by atoms with E-state index in [2.05, 4.69) is 20.8 Å².